The average molecular weight is 226 g/mol. The van der Waals surface area contributed by atoms with Crippen LogP contribution in [0.2, 0.25) is 0 Å². The van der Waals surface area contributed by atoms with E-state index in [0.717, 1.165) is 6.42 Å². The van der Waals surface area contributed by atoms with E-state index in [1.165, 1.54) is 6.42 Å². The standard InChI is InChI=1S/C13H26N2O/c1-5-13(14,6-2)12(16)15-11-8-7-9(3)10(11)4/h9-11H,5-8,14H2,1-4H3,(H,15,16). The second-order valence-corrected chi connectivity index (χ2v) is 5.36. The van der Waals surface area contributed by atoms with Gasteiger partial charge in [-0.15, -0.1) is 0 Å². The summed E-state index contributed by atoms with van der Waals surface area (Å²) in [6, 6.07) is 0.323. The van der Waals surface area contributed by atoms with Gasteiger partial charge in [-0.3, -0.25) is 4.79 Å². The molecule has 0 bridgehead atoms. The Morgan fingerprint density at radius 2 is 1.88 bits per heavy atom. The van der Waals surface area contributed by atoms with Crippen LogP contribution in [0.3, 0.4) is 0 Å². The van der Waals surface area contributed by atoms with Crippen molar-refractivity contribution in [3.05, 3.63) is 0 Å². The second-order valence-electron chi connectivity index (χ2n) is 5.36. The largest absolute Gasteiger partial charge is 0.351 e. The number of carbonyl (C=O) groups excluding carboxylic acids is 1. The summed E-state index contributed by atoms with van der Waals surface area (Å²) < 4.78 is 0. The van der Waals surface area contributed by atoms with Gasteiger partial charge < -0.3 is 11.1 Å². The predicted molar refractivity (Wildman–Crippen MR) is 67.0 cm³/mol. The highest BCUT2D eigenvalue weighted by molar-refractivity contribution is 5.86. The molecule has 1 aliphatic rings. The Balaban J connectivity index is 2.58. The van der Waals surface area contributed by atoms with Gasteiger partial charge >= 0.3 is 0 Å². The van der Waals surface area contributed by atoms with Crippen LogP contribution in [0.1, 0.15) is 53.4 Å². The summed E-state index contributed by atoms with van der Waals surface area (Å²) in [7, 11) is 0. The van der Waals surface area contributed by atoms with E-state index in [9.17, 15) is 4.79 Å². The summed E-state index contributed by atoms with van der Waals surface area (Å²) in [6.45, 7) is 8.43. The Kier molecular flexibility index (Phi) is 4.36. The van der Waals surface area contributed by atoms with Gasteiger partial charge in [0, 0.05) is 6.04 Å². The first kappa shape index (κ1) is 13.5. The number of amides is 1. The minimum absolute atomic E-state index is 0.0310. The second kappa shape index (κ2) is 5.17. The van der Waals surface area contributed by atoms with Crippen LogP contribution in [0.25, 0.3) is 0 Å². The van der Waals surface area contributed by atoms with Crippen LogP contribution in [-0.2, 0) is 4.79 Å². The highest BCUT2D eigenvalue weighted by atomic mass is 16.2. The van der Waals surface area contributed by atoms with Crippen LogP contribution in [0.15, 0.2) is 0 Å². The molecule has 3 unspecified atom stereocenters. The SMILES string of the molecule is CCC(N)(CC)C(=O)NC1CCC(C)C1C. The maximum Gasteiger partial charge on any atom is 0.240 e. The number of hydrogen-bond donors (Lipinski definition) is 2. The first-order valence-electron chi connectivity index (χ1n) is 6.54. The fourth-order valence-electron chi connectivity index (χ4n) is 2.45. The summed E-state index contributed by atoms with van der Waals surface area (Å²) in [6.07, 6.45) is 3.71. The normalized spacial score (nSPS) is 30.4. The number of nitrogens with one attached hydrogen (secondary N) is 1. The number of nitrogens with two attached hydrogens (primary N) is 1. The lowest BCUT2D eigenvalue weighted by molar-refractivity contribution is -0.127. The fraction of sp³-hybridized carbons (Fsp3) is 0.923. The average Bonchev–Trinajstić information content (AvgIpc) is 2.59. The molecule has 0 heterocycles. The molecule has 1 amide bonds. The third kappa shape index (κ3) is 2.57. The maximum absolute atomic E-state index is 12.1. The van der Waals surface area contributed by atoms with Crippen molar-refractivity contribution >= 4 is 5.91 Å². The predicted octanol–water partition coefficient (Wildman–Crippen LogP) is 2.05. The Hall–Kier alpha value is -0.570. The van der Waals surface area contributed by atoms with Crippen molar-refractivity contribution < 1.29 is 4.79 Å². The molecule has 94 valence electrons. The molecule has 3 atom stereocenters. The quantitative estimate of drug-likeness (QED) is 0.771. The molecule has 0 radical (unpaired) electrons. The third-order valence-corrected chi connectivity index (χ3v) is 4.50. The fourth-order valence-corrected chi connectivity index (χ4v) is 2.45. The zero-order valence-electron chi connectivity index (χ0n) is 11.0. The maximum atomic E-state index is 12.1. The zero-order chi connectivity index (χ0) is 12.3. The monoisotopic (exact) mass is 226 g/mol. The molecule has 0 saturated heterocycles. The summed E-state index contributed by atoms with van der Waals surface area (Å²) >= 11 is 0. The van der Waals surface area contributed by atoms with E-state index in [2.05, 4.69) is 19.2 Å². The van der Waals surface area contributed by atoms with E-state index in [4.69, 9.17) is 5.73 Å². The van der Waals surface area contributed by atoms with E-state index in [-0.39, 0.29) is 5.91 Å². The summed E-state index contributed by atoms with van der Waals surface area (Å²) in [5.74, 6) is 1.31. The zero-order valence-corrected chi connectivity index (χ0v) is 11.0. The topological polar surface area (TPSA) is 55.1 Å². The molecule has 1 rings (SSSR count). The molecule has 3 nitrogen and oxygen atoms in total. The van der Waals surface area contributed by atoms with Crippen LogP contribution in [-0.4, -0.2) is 17.5 Å². The van der Waals surface area contributed by atoms with Gasteiger partial charge in [-0.25, -0.2) is 0 Å². The molecule has 16 heavy (non-hydrogen) atoms. The van der Waals surface area contributed by atoms with Crippen molar-refractivity contribution in [3.8, 4) is 0 Å². The summed E-state index contributed by atoms with van der Waals surface area (Å²) in [5, 5.41) is 3.14. The lowest BCUT2D eigenvalue weighted by atomic mass is 9.91. The molecule has 0 spiro atoms. The van der Waals surface area contributed by atoms with E-state index < -0.39 is 5.54 Å². The van der Waals surface area contributed by atoms with Gasteiger partial charge in [0.2, 0.25) is 5.91 Å². The molecule has 0 aromatic rings. The first-order valence-corrected chi connectivity index (χ1v) is 6.54. The smallest absolute Gasteiger partial charge is 0.240 e. The lowest BCUT2D eigenvalue weighted by Gasteiger charge is -2.29. The lowest BCUT2D eigenvalue weighted by Crippen LogP contribution is -2.56. The van der Waals surface area contributed by atoms with Crippen molar-refractivity contribution in [2.75, 3.05) is 0 Å². The highest BCUT2D eigenvalue weighted by Crippen LogP contribution is 2.31. The number of hydrogen-bond acceptors (Lipinski definition) is 2. The molecular weight excluding hydrogens is 200 g/mol. The van der Waals surface area contributed by atoms with Crippen molar-refractivity contribution in [2.45, 2.75) is 65.0 Å². The molecule has 0 aromatic carbocycles. The molecule has 1 aliphatic carbocycles. The van der Waals surface area contributed by atoms with Crippen LogP contribution in [0.5, 0.6) is 0 Å². The van der Waals surface area contributed by atoms with Crippen LogP contribution >= 0.6 is 0 Å². The summed E-state index contributed by atoms with van der Waals surface area (Å²) in [4.78, 5) is 12.1. The van der Waals surface area contributed by atoms with Crippen molar-refractivity contribution in [1.82, 2.24) is 5.32 Å². The molecule has 1 fully saturated rings. The third-order valence-electron chi connectivity index (χ3n) is 4.50. The van der Waals surface area contributed by atoms with Crippen LogP contribution < -0.4 is 11.1 Å². The highest BCUT2D eigenvalue weighted by Gasteiger charge is 2.36. The Morgan fingerprint density at radius 3 is 2.25 bits per heavy atom. The van der Waals surface area contributed by atoms with E-state index in [1.54, 1.807) is 0 Å². The van der Waals surface area contributed by atoms with Crippen molar-refractivity contribution in [1.29, 1.82) is 0 Å². The number of rotatable bonds is 4. The van der Waals surface area contributed by atoms with Gasteiger partial charge in [0.05, 0.1) is 5.54 Å². The van der Waals surface area contributed by atoms with Crippen molar-refractivity contribution in [2.24, 2.45) is 17.6 Å². The van der Waals surface area contributed by atoms with Gasteiger partial charge in [-0.2, -0.15) is 0 Å². The van der Waals surface area contributed by atoms with Gasteiger partial charge in [0.25, 0.3) is 0 Å². The number of carbonyl (C=O) groups is 1. The molecular formula is C13H26N2O. The Labute approximate surface area is 99.2 Å². The Bertz CT molecular complexity index is 248. The van der Waals surface area contributed by atoms with Crippen molar-refractivity contribution in [3.63, 3.8) is 0 Å². The summed E-state index contributed by atoms with van der Waals surface area (Å²) in [5.41, 5.74) is 5.41. The van der Waals surface area contributed by atoms with E-state index in [1.807, 2.05) is 13.8 Å². The minimum Gasteiger partial charge on any atom is -0.351 e. The van der Waals surface area contributed by atoms with Crippen LogP contribution in [0.4, 0.5) is 0 Å². The van der Waals surface area contributed by atoms with E-state index in [0.29, 0.717) is 30.7 Å². The van der Waals surface area contributed by atoms with Gasteiger partial charge in [-0.05, 0) is 37.5 Å². The Morgan fingerprint density at radius 1 is 1.31 bits per heavy atom. The minimum atomic E-state index is -0.675. The van der Waals surface area contributed by atoms with Gasteiger partial charge in [-0.1, -0.05) is 27.7 Å². The van der Waals surface area contributed by atoms with E-state index >= 15 is 0 Å². The first-order chi connectivity index (χ1) is 7.44. The van der Waals surface area contributed by atoms with Gasteiger partial charge in [0.15, 0.2) is 0 Å². The molecule has 3 N–H and O–H groups in total. The molecule has 0 aromatic heterocycles. The molecule has 3 heteroatoms. The molecule has 1 saturated carbocycles. The van der Waals surface area contributed by atoms with Crippen LogP contribution in [0, 0.1) is 11.8 Å². The molecule has 0 aliphatic heterocycles. The van der Waals surface area contributed by atoms with Gasteiger partial charge in [0.1, 0.15) is 0 Å².